The number of hydrogen-bond donors (Lipinski definition) is 3. The highest BCUT2D eigenvalue weighted by Crippen LogP contribution is 2.52. The van der Waals surface area contributed by atoms with Crippen molar-refractivity contribution in [3.8, 4) is 0 Å². The second kappa shape index (κ2) is 7.26. The molecule has 2 fully saturated rings. The molecule has 1 saturated heterocycles. The Labute approximate surface area is 163 Å². The standard InChI is InChI=1S/C20H24ClN3O3/c21-16-4-2-1-3-14(16)13-5-9-24(10-6-13)19(26)17-15(18(25)23-27)11-20(7-8-20)12-22-17/h1-5,15,17,22,27H,6-12H2,(H,23,25). The minimum Gasteiger partial charge on any atom is -0.337 e. The van der Waals surface area contributed by atoms with E-state index in [1.54, 1.807) is 10.4 Å². The molecule has 144 valence electrons. The summed E-state index contributed by atoms with van der Waals surface area (Å²) in [5, 5.41) is 13.1. The van der Waals surface area contributed by atoms with Crippen molar-refractivity contribution in [1.82, 2.24) is 15.7 Å². The molecule has 7 heteroatoms. The Balaban J connectivity index is 1.46. The second-order valence-corrected chi connectivity index (χ2v) is 8.30. The van der Waals surface area contributed by atoms with Gasteiger partial charge in [-0.1, -0.05) is 35.9 Å². The van der Waals surface area contributed by atoms with Crippen molar-refractivity contribution in [1.29, 1.82) is 0 Å². The van der Waals surface area contributed by atoms with Crippen LogP contribution in [-0.4, -0.2) is 47.6 Å². The minimum atomic E-state index is -0.585. The maximum Gasteiger partial charge on any atom is 0.248 e. The number of carbonyl (C=O) groups excluding carboxylic acids is 2. The molecule has 6 nitrogen and oxygen atoms in total. The lowest BCUT2D eigenvalue weighted by atomic mass is 9.81. The number of nitrogens with one attached hydrogen (secondary N) is 2. The van der Waals surface area contributed by atoms with Gasteiger partial charge in [0.05, 0.1) is 12.0 Å². The molecule has 0 bridgehead atoms. The fourth-order valence-electron chi connectivity index (χ4n) is 4.30. The van der Waals surface area contributed by atoms with Crippen LogP contribution in [0.15, 0.2) is 30.3 Å². The molecule has 1 spiro atoms. The number of rotatable bonds is 3. The highest BCUT2D eigenvalue weighted by Gasteiger charge is 2.52. The number of hydrogen-bond acceptors (Lipinski definition) is 4. The molecule has 2 heterocycles. The SMILES string of the molecule is O=C(NO)C1CC2(CC2)CNC1C(=O)N1CC=C(c2ccccc2Cl)CC1. The normalized spacial score (nSPS) is 26.4. The first-order chi connectivity index (χ1) is 13.0. The molecule has 3 N–H and O–H groups in total. The van der Waals surface area contributed by atoms with Crippen molar-refractivity contribution in [2.24, 2.45) is 11.3 Å². The molecule has 0 aromatic heterocycles. The smallest absolute Gasteiger partial charge is 0.248 e. The largest absolute Gasteiger partial charge is 0.337 e. The van der Waals surface area contributed by atoms with Crippen LogP contribution in [0.4, 0.5) is 0 Å². The molecule has 2 amide bonds. The summed E-state index contributed by atoms with van der Waals surface area (Å²) in [5.74, 6) is -1.09. The summed E-state index contributed by atoms with van der Waals surface area (Å²) in [5.41, 5.74) is 4.03. The van der Waals surface area contributed by atoms with E-state index < -0.39 is 17.9 Å². The van der Waals surface area contributed by atoms with Crippen LogP contribution in [0.25, 0.3) is 5.57 Å². The molecule has 2 unspecified atom stereocenters. The van der Waals surface area contributed by atoms with Gasteiger partial charge in [0.1, 0.15) is 0 Å². The molecule has 1 aliphatic carbocycles. The number of piperidine rings is 1. The monoisotopic (exact) mass is 389 g/mol. The fourth-order valence-corrected chi connectivity index (χ4v) is 4.56. The average molecular weight is 390 g/mol. The molecule has 27 heavy (non-hydrogen) atoms. The summed E-state index contributed by atoms with van der Waals surface area (Å²) >= 11 is 6.28. The molecule has 2 aliphatic heterocycles. The van der Waals surface area contributed by atoms with Crippen molar-refractivity contribution in [2.45, 2.75) is 31.7 Å². The Morgan fingerprint density at radius 2 is 2.07 bits per heavy atom. The van der Waals surface area contributed by atoms with Crippen LogP contribution in [0.5, 0.6) is 0 Å². The van der Waals surface area contributed by atoms with E-state index in [-0.39, 0.29) is 11.3 Å². The number of halogens is 1. The third-order valence-electron chi connectivity index (χ3n) is 6.16. The van der Waals surface area contributed by atoms with Crippen LogP contribution in [-0.2, 0) is 9.59 Å². The highest BCUT2D eigenvalue weighted by molar-refractivity contribution is 6.32. The molecule has 0 radical (unpaired) electrons. The molecular formula is C20H24ClN3O3. The number of benzene rings is 1. The Morgan fingerprint density at radius 1 is 1.30 bits per heavy atom. The summed E-state index contributed by atoms with van der Waals surface area (Å²) in [4.78, 5) is 27.0. The number of carbonyl (C=O) groups is 2. The maximum absolute atomic E-state index is 13.1. The van der Waals surface area contributed by atoms with E-state index in [0.29, 0.717) is 24.5 Å². The van der Waals surface area contributed by atoms with Gasteiger partial charge in [0.25, 0.3) is 0 Å². The maximum atomic E-state index is 13.1. The zero-order valence-electron chi connectivity index (χ0n) is 15.1. The Bertz CT molecular complexity index is 790. The Morgan fingerprint density at radius 3 is 2.70 bits per heavy atom. The van der Waals surface area contributed by atoms with Gasteiger partial charge in [-0.3, -0.25) is 14.8 Å². The average Bonchev–Trinajstić information content (AvgIpc) is 3.46. The van der Waals surface area contributed by atoms with Crippen molar-refractivity contribution in [3.05, 3.63) is 40.9 Å². The predicted molar refractivity (Wildman–Crippen MR) is 102 cm³/mol. The number of nitrogens with zero attached hydrogens (tertiary/aromatic N) is 1. The topological polar surface area (TPSA) is 81.7 Å². The van der Waals surface area contributed by atoms with Gasteiger partial charge < -0.3 is 10.2 Å². The summed E-state index contributed by atoms with van der Waals surface area (Å²) in [6.07, 6.45) is 5.56. The van der Waals surface area contributed by atoms with Crippen LogP contribution < -0.4 is 10.8 Å². The quantitative estimate of drug-likeness (QED) is 0.547. The Hall–Kier alpha value is -1.89. The zero-order valence-corrected chi connectivity index (χ0v) is 15.8. The third-order valence-corrected chi connectivity index (χ3v) is 6.49. The molecule has 1 aromatic rings. The van der Waals surface area contributed by atoms with Crippen LogP contribution in [0.1, 0.15) is 31.2 Å². The van der Waals surface area contributed by atoms with Crippen LogP contribution in [0.3, 0.4) is 0 Å². The summed E-state index contributed by atoms with van der Waals surface area (Å²) in [6, 6.07) is 7.13. The van der Waals surface area contributed by atoms with Gasteiger partial charge in [0, 0.05) is 24.7 Å². The molecule has 1 aromatic carbocycles. The zero-order chi connectivity index (χ0) is 19.0. The minimum absolute atomic E-state index is 0.0754. The van der Waals surface area contributed by atoms with Crippen molar-refractivity contribution < 1.29 is 14.8 Å². The van der Waals surface area contributed by atoms with E-state index in [1.807, 2.05) is 30.3 Å². The first kappa shape index (κ1) is 18.5. The third kappa shape index (κ3) is 3.61. The lowest BCUT2D eigenvalue weighted by Gasteiger charge is -2.38. The van der Waals surface area contributed by atoms with E-state index in [0.717, 1.165) is 36.9 Å². The predicted octanol–water partition coefficient (Wildman–Crippen LogP) is 2.22. The first-order valence-corrected chi connectivity index (χ1v) is 9.81. The van der Waals surface area contributed by atoms with E-state index in [4.69, 9.17) is 16.8 Å². The van der Waals surface area contributed by atoms with Crippen LogP contribution >= 0.6 is 11.6 Å². The molecule has 3 aliphatic rings. The van der Waals surface area contributed by atoms with Gasteiger partial charge in [0.15, 0.2) is 0 Å². The molecule has 1 saturated carbocycles. The molecule has 2 atom stereocenters. The van der Waals surface area contributed by atoms with E-state index in [9.17, 15) is 9.59 Å². The van der Waals surface area contributed by atoms with Gasteiger partial charge in [0.2, 0.25) is 11.8 Å². The van der Waals surface area contributed by atoms with E-state index >= 15 is 0 Å². The fraction of sp³-hybridized carbons (Fsp3) is 0.500. The summed E-state index contributed by atoms with van der Waals surface area (Å²) < 4.78 is 0. The lowest BCUT2D eigenvalue weighted by molar-refractivity contribution is -0.144. The van der Waals surface area contributed by atoms with Crippen molar-refractivity contribution >= 4 is 29.0 Å². The first-order valence-electron chi connectivity index (χ1n) is 9.43. The van der Waals surface area contributed by atoms with Crippen LogP contribution in [0, 0.1) is 11.3 Å². The van der Waals surface area contributed by atoms with Gasteiger partial charge >= 0.3 is 0 Å². The second-order valence-electron chi connectivity index (χ2n) is 7.89. The van der Waals surface area contributed by atoms with Gasteiger partial charge in [-0.05, 0) is 48.3 Å². The molecular weight excluding hydrogens is 366 g/mol. The van der Waals surface area contributed by atoms with Gasteiger partial charge in [-0.2, -0.15) is 0 Å². The lowest BCUT2D eigenvalue weighted by Crippen LogP contribution is -2.59. The number of amides is 2. The van der Waals surface area contributed by atoms with Gasteiger partial charge in [-0.15, -0.1) is 0 Å². The Kier molecular flexibility index (Phi) is 4.97. The van der Waals surface area contributed by atoms with Crippen LogP contribution in [0.2, 0.25) is 5.02 Å². The molecule has 4 rings (SSSR count). The summed E-state index contributed by atoms with van der Waals surface area (Å²) in [6.45, 7) is 1.84. The van der Waals surface area contributed by atoms with Gasteiger partial charge in [-0.25, -0.2) is 5.48 Å². The summed E-state index contributed by atoms with van der Waals surface area (Å²) in [7, 11) is 0. The van der Waals surface area contributed by atoms with E-state index in [2.05, 4.69) is 5.32 Å². The number of hydroxylamine groups is 1. The van der Waals surface area contributed by atoms with Crippen molar-refractivity contribution in [3.63, 3.8) is 0 Å². The van der Waals surface area contributed by atoms with E-state index in [1.165, 1.54) is 0 Å². The van der Waals surface area contributed by atoms with Crippen molar-refractivity contribution in [2.75, 3.05) is 19.6 Å². The highest BCUT2D eigenvalue weighted by atomic mass is 35.5.